The molecule has 0 bridgehead atoms. The average Bonchev–Trinajstić information content (AvgIpc) is 2.26. The van der Waals surface area contributed by atoms with Crippen LogP contribution in [0.5, 0.6) is 0 Å². The van der Waals surface area contributed by atoms with Crippen molar-refractivity contribution in [2.24, 2.45) is 0 Å². The summed E-state index contributed by atoms with van der Waals surface area (Å²) in [5.41, 5.74) is 3.99. The lowest BCUT2D eigenvalue weighted by Crippen LogP contribution is -2.28. The van der Waals surface area contributed by atoms with Crippen molar-refractivity contribution in [3.8, 4) is 0 Å². The first kappa shape index (κ1) is 12.7. The van der Waals surface area contributed by atoms with Crippen LogP contribution in [0, 0.1) is 20.8 Å². The summed E-state index contributed by atoms with van der Waals surface area (Å²) in [5, 5.41) is 0. The third kappa shape index (κ3) is 3.11. The molecule has 2 rings (SSSR count). The Morgan fingerprint density at radius 1 is 1.06 bits per heavy atom. The summed E-state index contributed by atoms with van der Waals surface area (Å²) in [4.78, 5) is 12.6. The number of hydrogen-bond acceptors (Lipinski definition) is 3. The van der Waals surface area contributed by atoms with Crippen molar-refractivity contribution in [1.82, 2.24) is 4.31 Å². The first-order valence-corrected chi connectivity index (χ1v) is 6.86. The molecule has 1 aliphatic rings. The van der Waals surface area contributed by atoms with Crippen LogP contribution in [0.2, 0.25) is 0 Å². The Labute approximate surface area is 108 Å². The van der Waals surface area contributed by atoms with E-state index in [0.717, 1.165) is 13.1 Å². The molecule has 0 amide bonds. The van der Waals surface area contributed by atoms with Gasteiger partial charge >= 0.3 is 0 Å². The van der Waals surface area contributed by atoms with Gasteiger partial charge in [-0.1, -0.05) is 17.7 Å². The molecule has 1 aromatic carbocycles. The molecule has 2 nitrogen and oxygen atoms in total. The molecular formula is C14H19NOS. The van der Waals surface area contributed by atoms with Crippen LogP contribution in [0.3, 0.4) is 0 Å². The van der Waals surface area contributed by atoms with Gasteiger partial charge in [0, 0.05) is 30.8 Å². The highest BCUT2D eigenvalue weighted by Gasteiger charge is 2.18. The van der Waals surface area contributed by atoms with Gasteiger partial charge in [0.05, 0.1) is 0 Å². The molecule has 3 heteroatoms. The zero-order valence-corrected chi connectivity index (χ0v) is 11.6. The van der Waals surface area contributed by atoms with E-state index in [1.165, 1.54) is 21.6 Å². The quantitative estimate of drug-likeness (QED) is 0.750. The lowest BCUT2D eigenvalue weighted by atomic mass is 10.1. The van der Waals surface area contributed by atoms with Gasteiger partial charge in [-0.05, 0) is 43.8 Å². The maximum absolute atomic E-state index is 11.2. The molecule has 1 saturated heterocycles. The van der Waals surface area contributed by atoms with E-state index in [1.54, 1.807) is 0 Å². The van der Waals surface area contributed by atoms with Crippen LogP contribution >= 0.6 is 11.9 Å². The highest BCUT2D eigenvalue weighted by molar-refractivity contribution is 7.97. The van der Waals surface area contributed by atoms with E-state index >= 15 is 0 Å². The molecule has 0 saturated carbocycles. The molecule has 0 N–H and O–H groups in total. The third-order valence-corrected chi connectivity index (χ3v) is 4.56. The van der Waals surface area contributed by atoms with Gasteiger partial charge in [0.15, 0.2) is 0 Å². The van der Waals surface area contributed by atoms with Gasteiger partial charge in [0.2, 0.25) is 0 Å². The average molecular weight is 249 g/mol. The molecule has 17 heavy (non-hydrogen) atoms. The van der Waals surface area contributed by atoms with E-state index in [1.807, 2.05) is 11.9 Å². The molecule has 1 aromatic rings. The second-order valence-electron chi connectivity index (χ2n) is 4.79. The number of rotatable bonds is 2. The molecule has 1 aliphatic heterocycles. The molecule has 0 aromatic heterocycles. The Hall–Kier alpha value is -0.800. The molecule has 92 valence electrons. The van der Waals surface area contributed by atoms with Gasteiger partial charge in [-0.2, -0.15) is 0 Å². The van der Waals surface area contributed by atoms with Crippen molar-refractivity contribution in [3.63, 3.8) is 0 Å². The summed E-state index contributed by atoms with van der Waals surface area (Å²) in [6.45, 7) is 8.23. The minimum Gasteiger partial charge on any atom is -0.300 e. The van der Waals surface area contributed by atoms with E-state index in [2.05, 4.69) is 37.2 Å². The van der Waals surface area contributed by atoms with Crippen LogP contribution in [0.15, 0.2) is 17.0 Å². The number of aryl methyl sites for hydroxylation is 3. The maximum atomic E-state index is 11.2. The van der Waals surface area contributed by atoms with E-state index in [-0.39, 0.29) is 0 Å². The van der Waals surface area contributed by atoms with E-state index < -0.39 is 0 Å². The summed E-state index contributed by atoms with van der Waals surface area (Å²) >= 11 is 1.81. The number of carbonyl (C=O) groups excluding carboxylic acids is 1. The second kappa shape index (κ2) is 5.23. The first-order chi connectivity index (χ1) is 8.06. The molecule has 0 spiro atoms. The molecule has 0 aliphatic carbocycles. The van der Waals surface area contributed by atoms with Crippen LogP contribution in [-0.4, -0.2) is 23.2 Å². The Bertz CT molecular complexity index is 409. The molecule has 1 heterocycles. The van der Waals surface area contributed by atoms with Crippen molar-refractivity contribution >= 4 is 17.7 Å². The topological polar surface area (TPSA) is 20.3 Å². The van der Waals surface area contributed by atoms with Gasteiger partial charge in [-0.3, -0.25) is 4.79 Å². The van der Waals surface area contributed by atoms with Gasteiger partial charge in [0.1, 0.15) is 5.78 Å². The standard InChI is InChI=1S/C14H19NOS/c1-10-8-11(2)14(12(3)9-10)17-15-6-4-13(16)5-7-15/h8-9H,4-7H2,1-3H3. The van der Waals surface area contributed by atoms with Crippen LogP contribution in [-0.2, 0) is 4.79 Å². The first-order valence-electron chi connectivity index (χ1n) is 6.09. The van der Waals surface area contributed by atoms with Crippen molar-refractivity contribution < 1.29 is 4.79 Å². The van der Waals surface area contributed by atoms with Gasteiger partial charge in [-0.15, -0.1) is 0 Å². The SMILES string of the molecule is Cc1cc(C)c(SN2CCC(=O)CC2)c(C)c1. The summed E-state index contributed by atoms with van der Waals surface area (Å²) < 4.78 is 2.31. The predicted octanol–water partition coefficient (Wildman–Crippen LogP) is 3.28. The van der Waals surface area contributed by atoms with Crippen LogP contribution in [0.25, 0.3) is 0 Å². The Morgan fingerprint density at radius 3 is 2.12 bits per heavy atom. The minimum absolute atomic E-state index is 0.402. The lowest BCUT2D eigenvalue weighted by Gasteiger charge is -2.26. The number of ketones is 1. The summed E-state index contributed by atoms with van der Waals surface area (Å²) in [7, 11) is 0. The van der Waals surface area contributed by atoms with Gasteiger partial charge in [0.25, 0.3) is 0 Å². The zero-order chi connectivity index (χ0) is 12.4. The van der Waals surface area contributed by atoms with E-state index in [0.29, 0.717) is 18.6 Å². The smallest absolute Gasteiger partial charge is 0.135 e. The van der Waals surface area contributed by atoms with Crippen molar-refractivity contribution in [3.05, 3.63) is 28.8 Å². The number of Topliss-reactive ketones (excluding diaryl/α,β-unsaturated/α-hetero) is 1. The van der Waals surface area contributed by atoms with Crippen molar-refractivity contribution in [2.75, 3.05) is 13.1 Å². The van der Waals surface area contributed by atoms with E-state index in [4.69, 9.17) is 0 Å². The number of nitrogens with zero attached hydrogens (tertiary/aromatic N) is 1. The highest BCUT2D eigenvalue weighted by atomic mass is 32.2. The fourth-order valence-electron chi connectivity index (χ4n) is 2.27. The number of piperidine rings is 1. The molecular weight excluding hydrogens is 230 g/mol. The monoisotopic (exact) mass is 249 g/mol. The third-order valence-electron chi connectivity index (χ3n) is 3.11. The molecule has 0 radical (unpaired) electrons. The fourth-order valence-corrected chi connectivity index (χ4v) is 3.30. The van der Waals surface area contributed by atoms with Crippen molar-refractivity contribution in [2.45, 2.75) is 38.5 Å². The van der Waals surface area contributed by atoms with Gasteiger partial charge < -0.3 is 0 Å². The number of benzene rings is 1. The summed E-state index contributed by atoms with van der Waals surface area (Å²) in [6.07, 6.45) is 1.41. The van der Waals surface area contributed by atoms with Crippen LogP contribution in [0.4, 0.5) is 0 Å². The van der Waals surface area contributed by atoms with Gasteiger partial charge in [-0.25, -0.2) is 4.31 Å². The number of carbonyl (C=O) groups is 1. The summed E-state index contributed by atoms with van der Waals surface area (Å²) in [5.74, 6) is 0.402. The van der Waals surface area contributed by atoms with Crippen LogP contribution < -0.4 is 0 Å². The molecule has 1 fully saturated rings. The number of hydrogen-bond donors (Lipinski definition) is 0. The summed E-state index contributed by atoms with van der Waals surface area (Å²) in [6, 6.07) is 4.45. The second-order valence-corrected chi connectivity index (χ2v) is 5.89. The minimum atomic E-state index is 0.402. The Balaban J connectivity index is 2.11. The zero-order valence-electron chi connectivity index (χ0n) is 10.7. The van der Waals surface area contributed by atoms with Crippen molar-refractivity contribution in [1.29, 1.82) is 0 Å². The predicted molar refractivity (Wildman–Crippen MR) is 72.3 cm³/mol. The van der Waals surface area contributed by atoms with E-state index in [9.17, 15) is 4.79 Å². The Kier molecular flexibility index (Phi) is 3.89. The molecule has 0 atom stereocenters. The largest absolute Gasteiger partial charge is 0.300 e. The normalized spacial score (nSPS) is 17.5. The maximum Gasteiger partial charge on any atom is 0.135 e. The highest BCUT2D eigenvalue weighted by Crippen LogP contribution is 2.31. The Morgan fingerprint density at radius 2 is 1.59 bits per heavy atom. The lowest BCUT2D eigenvalue weighted by molar-refractivity contribution is -0.120. The van der Waals surface area contributed by atoms with Crippen LogP contribution in [0.1, 0.15) is 29.5 Å². The molecule has 0 unspecified atom stereocenters. The fraction of sp³-hybridized carbons (Fsp3) is 0.500.